The minimum absolute atomic E-state index is 0.0496. The van der Waals surface area contributed by atoms with E-state index in [0.29, 0.717) is 24.2 Å². The fourth-order valence-electron chi connectivity index (χ4n) is 4.00. The van der Waals surface area contributed by atoms with E-state index in [9.17, 15) is 20.2 Å². The van der Waals surface area contributed by atoms with Crippen LogP contribution >= 0.6 is 0 Å². The molecule has 0 bridgehead atoms. The van der Waals surface area contributed by atoms with E-state index >= 15 is 0 Å². The summed E-state index contributed by atoms with van der Waals surface area (Å²) in [5.41, 5.74) is 8.05. The molecule has 2 N–H and O–H groups in total. The van der Waals surface area contributed by atoms with Gasteiger partial charge in [0.1, 0.15) is 17.4 Å². The van der Waals surface area contributed by atoms with Crippen molar-refractivity contribution in [1.82, 2.24) is 4.57 Å². The number of benzene rings is 2. The molecule has 0 saturated carbocycles. The predicted octanol–water partition coefficient (Wildman–Crippen LogP) is 3.53. The highest BCUT2D eigenvalue weighted by molar-refractivity contribution is 5.56. The lowest BCUT2D eigenvalue weighted by atomic mass is 9.84. The Bertz CT molecular complexity index is 1340. The van der Waals surface area contributed by atoms with Crippen LogP contribution in [0.1, 0.15) is 28.3 Å². The van der Waals surface area contributed by atoms with Crippen molar-refractivity contribution in [3.63, 3.8) is 0 Å². The second kappa shape index (κ2) is 8.40. The van der Waals surface area contributed by atoms with E-state index in [-0.39, 0.29) is 34.0 Å². The lowest BCUT2D eigenvalue weighted by molar-refractivity contribution is -0.384. The van der Waals surface area contributed by atoms with Crippen molar-refractivity contribution in [2.24, 2.45) is 5.73 Å². The van der Waals surface area contributed by atoms with Crippen LogP contribution < -0.4 is 16.0 Å². The maximum atomic E-state index is 13.6. The number of fused-ring (bicyclic) bond motifs is 1. The zero-order chi connectivity index (χ0) is 22.8. The van der Waals surface area contributed by atoms with Crippen molar-refractivity contribution in [2.75, 3.05) is 0 Å². The quantitative estimate of drug-likeness (QED) is 0.490. The third-order valence-electron chi connectivity index (χ3n) is 5.57. The van der Waals surface area contributed by atoms with Crippen molar-refractivity contribution >= 4 is 5.69 Å². The van der Waals surface area contributed by atoms with E-state index in [1.807, 2.05) is 36.4 Å². The van der Waals surface area contributed by atoms with Crippen molar-refractivity contribution in [2.45, 2.75) is 25.8 Å². The molecule has 0 aliphatic carbocycles. The predicted molar refractivity (Wildman–Crippen MR) is 118 cm³/mol. The van der Waals surface area contributed by atoms with Crippen molar-refractivity contribution in [3.8, 4) is 11.8 Å². The van der Waals surface area contributed by atoms with Gasteiger partial charge in [-0.25, -0.2) is 0 Å². The smallest absolute Gasteiger partial charge is 0.269 e. The van der Waals surface area contributed by atoms with E-state index in [0.717, 1.165) is 5.56 Å². The number of hydrogen-bond donors (Lipinski definition) is 1. The minimum Gasteiger partial charge on any atom is -0.440 e. The number of nitrogens with zero attached hydrogens (tertiary/aromatic N) is 3. The Morgan fingerprint density at radius 1 is 1.19 bits per heavy atom. The molecule has 0 radical (unpaired) electrons. The van der Waals surface area contributed by atoms with Gasteiger partial charge in [0.15, 0.2) is 0 Å². The summed E-state index contributed by atoms with van der Waals surface area (Å²) in [6.45, 7) is 2.24. The number of nitrogens with two attached hydrogens (primary N) is 1. The Hall–Kier alpha value is -4.38. The summed E-state index contributed by atoms with van der Waals surface area (Å²) >= 11 is 0. The second-order valence-corrected chi connectivity index (χ2v) is 7.53. The number of nitriles is 1. The van der Waals surface area contributed by atoms with Crippen molar-refractivity contribution in [1.29, 1.82) is 5.26 Å². The van der Waals surface area contributed by atoms with Crippen LogP contribution in [0.4, 0.5) is 5.69 Å². The first kappa shape index (κ1) is 20.9. The summed E-state index contributed by atoms with van der Waals surface area (Å²) < 4.78 is 7.27. The molecular weight excluding hydrogens is 408 g/mol. The Morgan fingerprint density at radius 3 is 2.62 bits per heavy atom. The summed E-state index contributed by atoms with van der Waals surface area (Å²) in [7, 11) is 0. The van der Waals surface area contributed by atoms with Crippen LogP contribution in [0.25, 0.3) is 0 Å². The molecule has 2 aromatic carbocycles. The molecule has 160 valence electrons. The van der Waals surface area contributed by atoms with Gasteiger partial charge in [0, 0.05) is 30.4 Å². The average molecular weight is 428 g/mol. The summed E-state index contributed by atoms with van der Waals surface area (Å²) in [6.07, 6.45) is 0.645. The van der Waals surface area contributed by atoms with Gasteiger partial charge in [-0.3, -0.25) is 14.9 Å². The summed E-state index contributed by atoms with van der Waals surface area (Å²) in [5.74, 6) is -0.714. The van der Waals surface area contributed by atoms with Crippen LogP contribution in [0.15, 0.2) is 76.9 Å². The summed E-state index contributed by atoms with van der Waals surface area (Å²) in [6, 6.07) is 19.4. The van der Waals surface area contributed by atoms with Gasteiger partial charge in [-0.2, -0.15) is 5.26 Å². The van der Waals surface area contributed by atoms with Crippen LogP contribution in [0.3, 0.4) is 0 Å². The number of nitro groups is 1. The normalized spacial score (nSPS) is 14.9. The number of rotatable bonds is 5. The first-order valence-electron chi connectivity index (χ1n) is 10.0. The van der Waals surface area contributed by atoms with E-state index in [2.05, 4.69) is 0 Å². The monoisotopic (exact) mass is 428 g/mol. The third-order valence-corrected chi connectivity index (χ3v) is 5.57. The number of aryl methyl sites for hydroxylation is 2. The molecule has 4 rings (SSSR count). The number of aromatic nitrogens is 1. The molecule has 1 aromatic heterocycles. The van der Waals surface area contributed by atoms with Gasteiger partial charge in [0.05, 0.1) is 16.4 Å². The van der Waals surface area contributed by atoms with Gasteiger partial charge >= 0.3 is 0 Å². The Kier molecular flexibility index (Phi) is 5.48. The van der Waals surface area contributed by atoms with Gasteiger partial charge in [-0.1, -0.05) is 42.5 Å². The maximum Gasteiger partial charge on any atom is 0.269 e. The maximum absolute atomic E-state index is 13.6. The van der Waals surface area contributed by atoms with Crippen molar-refractivity contribution < 1.29 is 9.66 Å². The Balaban J connectivity index is 1.86. The second-order valence-electron chi connectivity index (χ2n) is 7.53. The van der Waals surface area contributed by atoms with Crippen molar-refractivity contribution in [3.05, 3.63) is 115 Å². The molecule has 0 saturated heterocycles. The van der Waals surface area contributed by atoms with E-state index < -0.39 is 10.8 Å². The molecular formula is C24H20N4O4. The van der Waals surface area contributed by atoms with Gasteiger partial charge in [0.2, 0.25) is 5.88 Å². The average Bonchev–Trinajstić information content (AvgIpc) is 2.78. The van der Waals surface area contributed by atoms with Gasteiger partial charge < -0.3 is 15.0 Å². The standard InChI is InChI=1S/C24H20N4O4/c1-15-12-20-22(24(29)27(15)11-10-16-6-3-2-4-7-16)21(19(14-25)23(26)32-20)17-8-5-9-18(13-17)28(30)31/h2-9,12-13,21H,10-11,26H2,1H3. The lowest BCUT2D eigenvalue weighted by Gasteiger charge is -2.27. The van der Waals surface area contributed by atoms with E-state index in [4.69, 9.17) is 10.5 Å². The molecule has 3 aromatic rings. The SMILES string of the molecule is Cc1cc2c(c(=O)n1CCc1ccccc1)C(c1cccc([N+](=O)[O-])c1)C(C#N)=C(N)O2. The molecule has 2 heterocycles. The molecule has 1 aliphatic rings. The molecule has 8 nitrogen and oxygen atoms in total. The largest absolute Gasteiger partial charge is 0.440 e. The molecule has 1 unspecified atom stereocenters. The highest BCUT2D eigenvalue weighted by Gasteiger charge is 2.35. The van der Waals surface area contributed by atoms with Gasteiger partial charge in [0.25, 0.3) is 11.2 Å². The lowest BCUT2D eigenvalue weighted by Crippen LogP contribution is -2.33. The minimum atomic E-state index is -0.861. The summed E-state index contributed by atoms with van der Waals surface area (Å²) in [5, 5.41) is 21.0. The molecule has 8 heteroatoms. The van der Waals surface area contributed by atoms with E-state index in [1.165, 1.54) is 18.2 Å². The number of ether oxygens (including phenoxy) is 1. The van der Waals surface area contributed by atoms with Crippen LogP contribution in [-0.2, 0) is 13.0 Å². The van der Waals surface area contributed by atoms with Gasteiger partial charge in [-0.05, 0) is 24.5 Å². The van der Waals surface area contributed by atoms with Crippen LogP contribution in [0.2, 0.25) is 0 Å². The van der Waals surface area contributed by atoms with Crippen LogP contribution in [-0.4, -0.2) is 9.49 Å². The highest BCUT2D eigenvalue weighted by atomic mass is 16.6. The molecule has 1 aliphatic heterocycles. The zero-order valence-electron chi connectivity index (χ0n) is 17.3. The zero-order valence-corrected chi connectivity index (χ0v) is 17.3. The number of pyridine rings is 1. The highest BCUT2D eigenvalue weighted by Crippen LogP contribution is 2.41. The molecule has 0 amide bonds. The molecule has 1 atom stereocenters. The Morgan fingerprint density at radius 2 is 1.94 bits per heavy atom. The topological polar surface area (TPSA) is 124 Å². The molecule has 0 fully saturated rings. The van der Waals surface area contributed by atoms with Gasteiger partial charge in [-0.15, -0.1) is 0 Å². The van der Waals surface area contributed by atoms with E-state index in [1.54, 1.807) is 23.6 Å². The number of nitro benzene ring substituents is 1. The number of allylic oxidation sites excluding steroid dienone is 1. The first-order chi connectivity index (χ1) is 15.4. The molecule has 32 heavy (non-hydrogen) atoms. The Labute approximate surface area is 183 Å². The first-order valence-corrected chi connectivity index (χ1v) is 10.0. The van der Waals surface area contributed by atoms with Crippen LogP contribution in [0, 0.1) is 28.4 Å². The number of hydrogen-bond acceptors (Lipinski definition) is 6. The fraction of sp³-hybridized carbons (Fsp3) is 0.167. The van der Waals surface area contributed by atoms with Crippen LogP contribution in [0.5, 0.6) is 5.75 Å². The fourth-order valence-corrected chi connectivity index (χ4v) is 4.00. The molecule has 0 spiro atoms. The summed E-state index contributed by atoms with van der Waals surface area (Å²) in [4.78, 5) is 24.4. The third kappa shape index (κ3) is 3.72. The number of non-ortho nitro benzene ring substituents is 1.